The second-order valence-electron chi connectivity index (χ2n) is 6.25. The second-order valence-corrected chi connectivity index (χ2v) is 6.25. The molecule has 2 unspecified atom stereocenters. The molecule has 5 heteroatoms. The van der Waals surface area contributed by atoms with Crippen molar-refractivity contribution in [3.63, 3.8) is 0 Å². The Morgan fingerprint density at radius 2 is 1.50 bits per heavy atom. The Bertz CT molecular complexity index is 243. The van der Waals surface area contributed by atoms with E-state index in [2.05, 4.69) is 23.6 Å². The van der Waals surface area contributed by atoms with Gasteiger partial charge >= 0.3 is 0 Å². The van der Waals surface area contributed by atoms with E-state index >= 15 is 0 Å². The molecule has 1 heterocycles. The first kappa shape index (κ1) is 17.9. The molecule has 1 saturated heterocycles. The van der Waals surface area contributed by atoms with Crippen LogP contribution in [0, 0.1) is 5.92 Å². The Kier molecular flexibility index (Phi) is 8.64. The summed E-state index contributed by atoms with van der Waals surface area (Å²) >= 11 is 0. The molecule has 0 aliphatic carbocycles. The number of ether oxygens (including phenoxy) is 2. The SMILES string of the molecule is COCC(C)OCC(O)CN1CCN(CC(C)C)CC1. The van der Waals surface area contributed by atoms with Gasteiger partial charge in [-0.15, -0.1) is 0 Å². The summed E-state index contributed by atoms with van der Waals surface area (Å²) in [7, 11) is 1.66. The first-order chi connectivity index (χ1) is 9.51. The number of methoxy groups -OCH3 is 1. The predicted molar refractivity (Wildman–Crippen MR) is 81.0 cm³/mol. The Hall–Kier alpha value is -0.200. The van der Waals surface area contributed by atoms with Crippen molar-refractivity contribution in [1.82, 2.24) is 9.80 Å². The number of rotatable bonds is 9. The van der Waals surface area contributed by atoms with Gasteiger partial charge in [0.15, 0.2) is 0 Å². The molecule has 1 rings (SSSR count). The van der Waals surface area contributed by atoms with E-state index in [0.29, 0.717) is 19.8 Å². The zero-order valence-corrected chi connectivity index (χ0v) is 13.5. The van der Waals surface area contributed by atoms with E-state index in [9.17, 15) is 5.11 Å². The topological polar surface area (TPSA) is 45.2 Å². The maximum absolute atomic E-state index is 10.0. The van der Waals surface area contributed by atoms with Crippen LogP contribution in [-0.4, -0.2) is 86.7 Å². The number of β-amino-alcohol motifs (C(OH)–C–C–N with tert-alkyl or cyclic N) is 1. The number of piperazine rings is 1. The molecule has 2 atom stereocenters. The van der Waals surface area contributed by atoms with Crippen molar-refractivity contribution in [2.24, 2.45) is 5.92 Å². The van der Waals surface area contributed by atoms with Crippen molar-refractivity contribution in [3.05, 3.63) is 0 Å². The van der Waals surface area contributed by atoms with Gasteiger partial charge < -0.3 is 19.5 Å². The first-order valence-electron chi connectivity index (χ1n) is 7.74. The zero-order chi connectivity index (χ0) is 15.0. The molecule has 0 aromatic heterocycles. The summed E-state index contributed by atoms with van der Waals surface area (Å²) in [4.78, 5) is 4.83. The molecule has 0 aromatic carbocycles. The Labute approximate surface area is 123 Å². The zero-order valence-electron chi connectivity index (χ0n) is 13.5. The molecule has 0 aromatic rings. The van der Waals surface area contributed by atoms with Gasteiger partial charge in [0.1, 0.15) is 0 Å². The van der Waals surface area contributed by atoms with Crippen LogP contribution in [0.25, 0.3) is 0 Å². The molecule has 5 nitrogen and oxygen atoms in total. The quantitative estimate of drug-likeness (QED) is 0.676. The van der Waals surface area contributed by atoms with Crippen LogP contribution in [0.5, 0.6) is 0 Å². The van der Waals surface area contributed by atoms with Gasteiger partial charge in [-0.25, -0.2) is 0 Å². The van der Waals surface area contributed by atoms with E-state index in [1.54, 1.807) is 7.11 Å². The van der Waals surface area contributed by atoms with Crippen LogP contribution in [0.1, 0.15) is 20.8 Å². The van der Waals surface area contributed by atoms with E-state index in [4.69, 9.17) is 9.47 Å². The number of hydrogen-bond acceptors (Lipinski definition) is 5. The summed E-state index contributed by atoms with van der Waals surface area (Å²) in [5, 5.41) is 10.0. The summed E-state index contributed by atoms with van der Waals surface area (Å²) in [6.45, 7) is 13.6. The molecule has 1 fully saturated rings. The largest absolute Gasteiger partial charge is 0.389 e. The fourth-order valence-corrected chi connectivity index (χ4v) is 2.58. The fraction of sp³-hybridized carbons (Fsp3) is 1.00. The predicted octanol–water partition coefficient (Wildman–Crippen LogP) is 0.672. The lowest BCUT2D eigenvalue weighted by atomic mass is 10.2. The van der Waals surface area contributed by atoms with Crippen molar-refractivity contribution in [3.8, 4) is 0 Å². The molecule has 1 aliphatic heterocycles. The van der Waals surface area contributed by atoms with Crippen molar-refractivity contribution < 1.29 is 14.6 Å². The highest BCUT2D eigenvalue weighted by Crippen LogP contribution is 2.06. The van der Waals surface area contributed by atoms with Crippen LogP contribution in [0.15, 0.2) is 0 Å². The second kappa shape index (κ2) is 9.68. The summed E-state index contributed by atoms with van der Waals surface area (Å²) in [6.07, 6.45) is -0.372. The molecular weight excluding hydrogens is 256 g/mol. The van der Waals surface area contributed by atoms with Gasteiger partial charge in [-0.05, 0) is 12.8 Å². The van der Waals surface area contributed by atoms with Crippen LogP contribution in [-0.2, 0) is 9.47 Å². The monoisotopic (exact) mass is 288 g/mol. The van der Waals surface area contributed by atoms with E-state index < -0.39 is 6.10 Å². The summed E-state index contributed by atoms with van der Waals surface area (Å²) in [5.74, 6) is 0.725. The molecule has 20 heavy (non-hydrogen) atoms. The molecule has 1 N–H and O–H groups in total. The average Bonchev–Trinajstić information content (AvgIpc) is 2.38. The molecule has 0 radical (unpaired) electrons. The Balaban J connectivity index is 2.13. The third-order valence-corrected chi connectivity index (χ3v) is 3.53. The van der Waals surface area contributed by atoms with Crippen LogP contribution in [0.2, 0.25) is 0 Å². The normalized spacial score (nSPS) is 21.3. The van der Waals surface area contributed by atoms with Crippen molar-refractivity contribution in [1.29, 1.82) is 0 Å². The third kappa shape index (κ3) is 7.55. The number of nitrogens with zero attached hydrogens (tertiary/aromatic N) is 2. The van der Waals surface area contributed by atoms with Crippen molar-refractivity contribution in [2.45, 2.75) is 33.0 Å². The molecule has 0 spiro atoms. The highest BCUT2D eigenvalue weighted by Gasteiger charge is 2.20. The maximum Gasteiger partial charge on any atom is 0.0900 e. The standard InChI is InChI=1S/C15H32N2O3/c1-13(2)9-16-5-7-17(8-6-16)10-15(18)12-20-14(3)11-19-4/h13-15,18H,5-12H2,1-4H3. The summed E-state index contributed by atoms with van der Waals surface area (Å²) in [6, 6.07) is 0. The molecular formula is C15H32N2O3. The molecule has 0 amide bonds. The van der Waals surface area contributed by atoms with E-state index in [1.165, 1.54) is 6.54 Å². The van der Waals surface area contributed by atoms with Gasteiger partial charge in [-0.2, -0.15) is 0 Å². The van der Waals surface area contributed by atoms with Gasteiger partial charge in [0.05, 0.1) is 25.4 Å². The van der Waals surface area contributed by atoms with Crippen molar-refractivity contribution in [2.75, 3.05) is 59.6 Å². The fourth-order valence-electron chi connectivity index (χ4n) is 2.58. The number of hydrogen-bond donors (Lipinski definition) is 1. The molecule has 120 valence electrons. The minimum Gasteiger partial charge on any atom is -0.389 e. The average molecular weight is 288 g/mol. The van der Waals surface area contributed by atoms with E-state index in [1.807, 2.05) is 6.92 Å². The smallest absolute Gasteiger partial charge is 0.0900 e. The minimum absolute atomic E-state index is 0.0394. The number of aliphatic hydroxyl groups is 1. The van der Waals surface area contributed by atoms with Gasteiger partial charge in [0.25, 0.3) is 0 Å². The number of aliphatic hydroxyl groups excluding tert-OH is 1. The van der Waals surface area contributed by atoms with E-state index in [-0.39, 0.29) is 6.10 Å². The molecule has 1 aliphatic rings. The first-order valence-corrected chi connectivity index (χ1v) is 7.74. The third-order valence-electron chi connectivity index (χ3n) is 3.53. The van der Waals surface area contributed by atoms with E-state index in [0.717, 1.165) is 32.1 Å². The van der Waals surface area contributed by atoms with Gasteiger partial charge in [-0.3, -0.25) is 4.90 Å². The minimum atomic E-state index is -0.411. The lowest BCUT2D eigenvalue weighted by Crippen LogP contribution is -2.49. The van der Waals surface area contributed by atoms with Crippen LogP contribution in [0.4, 0.5) is 0 Å². The summed E-state index contributed by atoms with van der Waals surface area (Å²) < 4.78 is 10.6. The molecule has 0 saturated carbocycles. The Morgan fingerprint density at radius 3 is 2.00 bits per heavy atom. The lowest BCUT2D eigenvalue weighted by Gasteiger charge is -2.36. The highest BCUT2D eigenvalue weighted by atomic mass is 16.5. The van der Waals surface area contributed by atoms with Crippen LogP contribution >= 0.6 is 0 Å². The lowest BCUT2D eigenvalue weighted by molar-refractivity contribution is -0.0428. The highest BCUT2D eigenvalue weighted by molar-refractivity contribution is 4.74. The van der Waals surface area contributed by atoms with Gasteiger partial charge in [0.2, 0.25) is 0 Å². The van der Waals surface area contributed by atoms with Crippen LogP contribution in [0.3, 0.4) is 0 Å². The molecule has 0 bridgehead atoms. The van der Waals surface area contributed by atoms with Crippen molar-refractivity contribution >= 4 is 0 Å². The van der Waals surface area contributed by atoms with Crippen LogP contribution < -0.4 is 0 Å². The maximum atomic E-state index is 10.0. The van der Waals surface area contributed by atoms with Gasteiger partial charge in [-0.1, -0.05) is 13.8 Å². The van der Waals surface area contributed by atoms with Gasteiger partial charge in [0, 0.05) is 46.4 Å². The summed E-state index contributed by atoms with van der Waals surface area (Å²) in [5.41, 5.74) is 0. The Morgan fingerprint density at radius 1 is 0.950 bits per heavy atom.